The average molecular weight is 343 g/mol. The van der Waals surface area contributed by atoms with Crippen LogP contribution in [0.1, 0.15) is 20.3 Å². The lowest BCUT2D eigenvalue weighted by Crippen LogP contribution is -2.46. The zero-order valence-corrected chi connectivity index (χ0v) is 15.0. The van der Waals surface area contributed by atoms with Crippen LogP contribution in [0.4, 0.5) is 10.5 Å². The smallest absolute Gasteiger partial charge is 0.321 e. The average Bonchev–Trinajstić information content (AvgIpc) is 3.03. The second kappa shape index (κ2) is 7.17. The molecule has 2 atom stereocenters. The van der Waals surface area contributed by atoms with Gasteiger partial charge in [-0.2, -0.15) is 0 Å². The van der Waals surface area contributed by atoms with E-state index >= 15 is 0 Å². The molecule has 3 rings (SSSR count). The van der Waals surface area contributed by atoms with Gasteiger partial charge in [-0.05, 0) is 42.8 Å². The van der Waals surface area contributed by atoms with Crippen LogP contribution < -0.4 is 5.32 Å². The Kier molecular flexibility index (Phi) is 4.97. The summed E-state index contributed by atoms with van der Waals surface area (Å²) in [6.07, 6.45) is 2.69. The minimum absolute atomic E-state index is 0.0896. The molecule has 2 amide bonds. The van der Waals surface area contributed by atoms with Gasteiger partial charge in [0.25, 0.3) is 0 Å². The predicted octanol–water partition coefficient (Wildman–Crippen LogP) is 3.32. The lowest BCUT2D eigenvalue weighted by molar-refractivity contribution is -0.148. The molecule has 1 N–H and O–H groups in total. The summed E-state index contributed by atoms with van der Waals surface area (Å²) in [7, 11) is 1.41. The highest BCUT2D eigenvalue weighted by molar-refractivity contribution is 5.93. The highest BCUT2D eigenvalue weighted by Crippen LogP contribution is 2.26. The Hall–Kier alpha value is -2.50. The number of hydrogen-bond acceptors (Lipinski definition) is 3. The van der Waals surface area contributed by atoms with E-state index in [0.717, 1.165) is 23.1 Å². The van der Waals surface area contributed by atoms with E-state index in [1.165, 1.54) is 7.11 Å². The molecule has 1 fully saturated rings. The second-order valence-corrected chi connectivity index (χ2v) is 6.65. The van der Waals surface area contributed by atoms with Crippen molar-refractivity contribution in [3.63, 3.8) is 0 Å². The van der Waals surface area contributed by atoms with E-state index in [4.69, 9.17) is 4.74 Å². The van der Waals surface area contributed by atoms with Crippen molar-refractivity contribution < 1.29 is 14.3 Å². The van der Waals surface area contributed by atoms with Gasteiger partial charge in [-0.1, -0.05) is 13.0 Å². The van der Waals surface area contributed by atoms with Gasteiger partial charge in [-0.25, -0.2) is 4.79 Å². The number of aryl methyl sites for hydroxylation is 1. The zero-order chi connectivity index (χ0) is 18.0. The van der Waals surface area contributed by atoms with Crippen LogP contribution in [0.3, 0.4) is 0 Å². The van der Waals surface area contributed by atoms with E-state index < -0.39 is 0 Å². The summed E-state index contributed by atoms with van der Waals surface area (Å²) in [4.78, 5) is 26.1. The number of hydrogen-bond donors (Lipinski definition) is 1. The van der Waals surface area contributed by atoms with Crippen molar-refractivity contribution in [1.82, 2.24) is 9.47 Å². The predicted molar refractivity (Wildman–Crippen MR) is 97.5 cm³/mol. The summed E-state index contributed by atoms with van der Waals surface area (Å²) < 4.78 is 6.99. The molecule has 0 bridgehead atoms. The number of fused-ring (bicyclic) bond motifs is 1. The molecule has 2 aromatic rings. The number of anilines is 1. The minimum Gasteiger partial charge on any atom is -0.469 e. The number of nitrogens with zero attached hydrogens (tertiary/aromatic N) is 2. The maximum absolute atomic E-state index is 12.6. The Morgan fingerprint density at radius 3 is 2.80 bits per heavy atom. The molecule has 6 heteroatoms. The van der Waals surface area contributed by atoms with E-state index in [9.17, 15) is 9.59 Å². The van der Waals surface area contributed by atoms with Gasteiger partial charge in [0.15, 0.2) is 0 Å². The molecule has 0 saturated carbocycles. The van der Waals surface area contributed by atoms with Crippen molar-refractivity contribution >= 4 is 28.6 Å². The number of nitrogens with one attached hydrogen (secondary N) is 1. The maximum Gasteiger partial charge on any atom is 0.321 e. The Morgan fingerprint density at radius 2 is 2.12 bits per heavy atom. The SMILES string of the molecule is CCn1ccc2ccc(NC(=O)N3CCC(C(=O)OC)C(C)C3)cc21. The molecule has 0 spiro atoms. The largest absolute Gasteiger partial charge is 0.469 e. The molecule has 25 heavy (non-hydrogen) atoms. The summed E-state index contributed by atoms with van der Waals surface area (Å²) in [5.74, 6) is -0.219. The molecule has 1 aromatic carbocycles. The normalized spacial score (nSPS) is 20.5. The standard InChI is InChI=1S/C19H25N3O3/c1-4-21-9-7-14-5-6-15(11-17(14)21)20-19(24)22-10-8-16(13(2)12-22)18(23)25-3/h5-7,9,11,13,16H,4,8,10,12H2,1-3H3,(H,20,24). The minimum atomic E-state index is -0.182. The van der Waals surface area contributed by atoms with Crippen LogP contribution in [-0.4, -0.2) is 41.7 Å². The molecule has 1 aliphatic rings. The Bertz CT molecular complexity index is 783. The molecule has 134 valence electrons. The van der Waals surface area contributed by atoms with Gasteiger partial charge in [0.2, 0.25) is 0 Å². The molecule has 2 unspecified atom stereocenters. The molecule has 6 nitrogen and oxygen atoms in total. The second-order valence-electron chi connectivity index (χ2n) is 6.65. The van der Waals surface area contributed by atoms with Crippen molar-refractivity contribution in [1.29, 1.82) is 0 Å². The summed E-state index contributed by atoms with van der Waals surface area (Å²) in [6.45, 7) is 6.08. The Labute approximate surface area is 147 Å². The molecule has 1 aliphatic heterocycles. The molecule has 2 heterocycles. The first-order chi connectivity index (χ1) is 12.0. The van der Waals surface area contributed by atoms with E-state index in [-0.39, 0.29) is 23.8 Å². The van der Waals surface area contributed by atoms with Crippen LogP contribution in [0.15, 0.2) is 30.5 Å². The summed E-state index contributed by atoms with van der Waals surface area (Å²) in [5.41, 5.74) is 1.90. The van der Waals surface area contributed by atoms with Crippen LogP contribution in [0.2, 0.25) is 0 Å². The van der Waals surface area contributed by atoms with Gasteiger partial charge in [0.05, 0.1) is 18.5 Å². The zero-order valence-electron chi connectivity index (χ0n) is 15.0. The molecule has 1 saturated heterocycles. The van der Waals surface area contributed by atoms with Gasteiger partial charge >= 0.3 is 12.0 Å². The van der Waals surface area contributed by atoms with Crippen molar-refractivity contribution in [2.75, 3.05) is 25.5 Å². The third-order valence-corrected chi connectivity index (χ3v) is 5.06. The first-order valence-electron chi connectivity index (χ1n) is 8.76. The van der Waals surface area contributed by atoms with Crippen LogP contribution in [0, 0.1) is 11.8 Å². The van der Waals surface area contributed by atoms with Crippen molar-refractivity contribution in [3.8, 4) is 0 Å². The fourth-order valence-electron chi connectivity index (χ4n) is 3.57. The highest BCUT2D eigenvalue weighted by atomic mass is 16.5. The topological polar surface area (TPSA) is 63.6 Å². The molecule has 0 radical (unpaired) electrons. The van der Waals surface area contributed by atoms with Crippen molar-refractivity contribution in [3.05, 3.63) is 30.5 Å². The van der Waals surface area contributed by atoms with Gasteiger partial charge < -0.3 is 19.5 Å². The van der Waals surface area contributed by atoms with Crippen LogP contribution in [0.25, 0.3) is 10.9 Å². The lowest BCUT2D eigenvalue weighted by Gasteiger charge is -2.35. The van der Waals surface area contributed by atoms with Gasteiger partial charge in [0, 0.05) is 31.5 Å². The monoisotopic (exact) mass is 343 g/mol. The number of aromatic nitrogens is 1. The molecular weight excluding hydrogens is 318 g/mol. The number of ether oxygens (including phenoxy) is 1. The summed E-state index contributed by atoms with van der Waals surface area (Å²) >= 11 is 0. The first-order valence-corrected chi connectivity index (χ1v) is 8.76. The third-order valence-electron chi connectivity index (χ3n) is 5.06. The number of methoxy groups -OCH3 is 1. The number of likely N-dealkylation sites (tertiary alicyclic amines) is 1. The summed E-state index contributed by atoms with van der Waals surface area (Å²) in [5, 5.41) is 4.14. The van der Waals surface area contributed by atoms with Gasteiger partial charge in [-0.3, -0.25) is 4.79 Å². The molecule has 0 aliphatic carbocycles. The Morgan fingerprint density at radius 1 is 1.32 bits per heavy atom. The van der Waals surface area contributed by atoms with E-state index in [2.05, 4.69) is 29.1 Å². The number of urea groups is 1. The quantitative estimate of drug-likeness (QED) is 0.870. The molecular formula is C19H25N3O3. The maximum atomic E-state index is 12.6. The number of carbonyl (C=O) groups excluding carboxylic acids is 2. The lowest BCUT2D eigenvalue weighted by atomic mass is 9.87. The van der Waals surface area contributed by atoms with E-state index in [1.807, 2.05) is 25.1 Å². The molecule has 1 aromatic heterocycles. The summed E-state index contributed by atoms with van der Waals surface area (Å²) in [6, 6.07) is 7.89. The fraction of sp³-hybridized carbons (Fsp3) is 0.474. The number of esters is 1. The van der Waals surface area contributed by atoms with E-state index in [0.29, 0.717) is 19.5 Å². The van der Waals surface area contributed by atoms with Crippen LogP contribution in [-0.2, 0) is 16.1 Å². The first kappa shape index (κ1) is 17.3. The van der Waals surface area contributed by atoms with E-state index in [1.54, 1.807) is 4.90 Å². The van der Waals surface area contributed by atoms with Gasteiger partial charge in [-0.15, -0.1) is 0 Å². The number of benzene rings is 1. The third kappa shape index (κ3) is 3.48. The Balaban J connectivity index is 1.67. The number of rotatable bonds is 3. The number of piperidine rings is 1. The van der Waals surface area contributed by atoms with Crippen LogP contribution >= 0.6 is 0 Å². The van der Waals surface area contributed by atoms with Crippen molar-refractivity contribution in [2.45, 2.75) is 26.8 Å². The van der Waals surface area contributed by atoms with Crippen molar-refractivity contribution in [2.24, 2.45) is 11.8 Å². The highest BCUT2D eigenvalue weighted by Gasteiger charge is 2.33. The number of amides is 2. The van der Waals surface area contributed by atoms with Gasteiger partial charge in [0.1, 0.15) is 0 Å². The fourth-order valence-corrected chi connectivity index (χ4v) is 3.57. The number of carbonyl (C=O) groups is 2. The van der Waals surface area contributed by atoms with Crippen LogP contribution in [0.5, 0.6) is 0 Å².